The zero-order valence-corrected chi connectivity index (χ0v) is 25.1. The van der Waals surface area contributed by atoms with Crippen LogP contribution in [0.1, 0.15) is 60.5 Å². The molecule has 0 N–H and O–H groups in total. The van der Waals surface area contributed by atoms with Crippen LogP contribution in [0.4, 0.5) is 5.69 Å². The summed E-state index contributed by atoms with van der Waals surface area (Å²) >= 11 is 0. The van der Waals surface area contributed by atoms with Crippen molar-refractivity contribution in [2.24, 2.45) is 0 Å². The number of rotatable bonds is 6. The van der Waals surface area contributed by atoms with E-state index in [1.54, 1.807) is 7.11 Å². The van der Waals surface area contributed by atoms with Crippen molar-refractivity contribution in [1.29, 1.82) is 0 Å². The van der Waals surface area contributed by atoms with Gasteiger partial charge >= 0.3 is 0 Å². The third-order valence-corrected chi connectivity index (χ3v) is 8.60. The molecule has 0 spiro atoms. The second-order valence-corrected chi connectivity index (χ2v) is 11.2. The van der Waals surface area contributed by atoms with Crippen LogP contribution in [0.2, 0.25) is 0 Å². The summed E-state index contributed by atoms with van der Waals surface area (Å²) in [4.78, 5) is 7.93. The molecule has 1 atom stereocenters. The summed E-state index contributed by atoms with van der Waals surface area (Å²) in [5, 5.41) is 0. The molecule has 3 aliphatic rings. The number of anilines is 1. The van der Waals surface area contributed by atoms with E-state index in [0.29, 0.717) is 6.04 Å². The number of nitrogens with zero attached hydrogens (tertiary/aromatic N) is 3. The van der Waals surface area contributed by atoms with Crippen molar-refractivity contribution < 1.29 is 9.47 Å². The number of piperazine rings is 1. The molecule has 37 heavy (non-hydrogen) atoms. The average molecular weight is 551 g/mol. The predicted molar refractivity (Wildman–Crippen MR) is 159 cm³/mol. The van der Waals surface area contributed by atoms with Gasteiger partial charge in [-0.3, -0.25) is 9.80 Å². The highest BCUT2D eigenvalue weighted by atomic mass is 35.5. The summed E-state index contributed by atoms with van der Waals surface area (Å²) in [7, 11) is 1.74. The van der Waals surface area contributed by atoms with E-state index >= 15 is 0 Å². The quantitative estimate of drug-likeness (QED) is 0.431. The van der Waals surface area contributed by atoms with Gasteiger partial charge in [-0.1, -0.05) is 12.1 Å². The van der Waals surface area contributed by atoms with Crippen LogP contribution in [0.3, 0.4) is 0 Å². The van der Waals surface area contributed by atoms with Crippen LogP contribution in [0.5, 0.6) is 11.5 Å². The van der Waals surface area contributed by atoms with Gasteiger partial charge in [-0.15, -0.1) is 24.8 Å². The van der Waals surface area contributed by atoms with Crippen molar-refractivity contribution in [1.82, 2.24) is 9.80 Å². The molecule has 2 fully saturated rings. The van der Waals surface area contributed by atoms with Gasteiger partial charge in [0.2, 0.25) is 0 Å². The fourth-order valence-corrected chi connectivity index (χ4v) is 6.66. The Kier molecular flexibility index (Phi) is 9.71. The van der Waals surface area contributed by atoms with Crippen LogP contribution >= 0.6 is 24.8 Å². The Bertz CT molecular complexity index is 1080. The van der Waals surface area contributed by atoms with Crippen molar-refractivity contribution in [3.8, 4) is 11.5 Å². The molecule has 2 aromatic carbocycles. The molecule has 0 radical (unpaired) electrons. The molecule has 5 rings (SSSR count). The number of methoxy groups -OCH3 is 1. The molecule has 0 aliphatic carbocycles. The monoisotopic (exact) mass is 549 g/mol. The van der Waals surface area contributed by atoms with Crippen LogP contribution < -0.4 is 14.4 Å². The van der Waals surface area contributed by atoms with E-state index in [2.05, 4.69) is 67.5 Å². The van der Waals surface area contributed by atoms with Crippen molar-refractivity contribution in [2.75, 3.05) is 57.8 Å². The van der Waals surface area contributed by atoms with E-state index in [4.69, 9.17) is 9.47 Å². The highest BCUT2D eigenvalue weighted by Crippen LogP contribution is 2.53. The van der Waals surface area contributed by atoms with E-state index in [0.717, 1.165) is 50.6 Å². The SMILES string of the molecule is COc1cccc(CCN2CCN(c3c(C)c(C)c4c(c3C)C(N3CCCC3)C(C)(C)O4)CC2)c1.Cl.Cl. The van der Waals surface area contributed by atoms with E-state index in [1.807, 2.05) is 6.07 Å². The molecule has 0 amide bonds. The number of halogens is 2. The molecular formula is C30H45Cl2N3O2. The third kappa shape index (κ3) is 5.71. The smallest absolute Gasteiger partial charge is 0.128 e. The van der Waals surface area contributed by atoms with Gasteiger partial charge in [0, 0.05) is 44.0 Å². The number of ether oxygens (including phenoxy) is 2. The number of hydrogen-bond donors (Lipinski definition) is 0. The summed E-state index contributed by atoms with van der Waals surface area (Å²) in [5.74, 6) is 2.10. The normalized spacial score (nSPS) is 21.1. The predicted octanol–water partition coefficient (Wildman–Crippen LogP) is 6.14. The first-order valence-corrected chi connectivity index (χ1v) is 13.5. The lowest BCUT2D eigenvalue weighted by molar-refractivity contribution is 0.0396. The first-order chi connectivity index (χ1) is 16.8. The van der Waals surface area contributed by atoms with E-state index in [1.165, 1.54) is 59.4 Å². The number of hydrogen-bond acceptors (Lipinski definition) is 5. The lowest BCUT2D eigenvalue weighted by atomic mass is 9.87. The van der Waals surface area contributed by atoms with Gasteiger partial charge in [0.15, 0.2) is 0 Å². The Morgan fingerprint density at radius 3 is 2.24 bits per heavy atom. The molecular weight excluding hydrogens is 505 g/mol. The van der Waals surface area contributed by atoms with Crippen molar-refractivity contribution in [3.63, 3.8) is 0 Å². The molecule has 3 heterocycles. The summed E-state index contributed by atoms with van der Waals surface area (Å²) in [6.07, 6.45) is 3.67. The van der Waals surface area contributed by atoms with Gasteiger partial charge in [0.25, 0.3) is 0 Å². The van der Waals surface area contributed by atoms with E-state index in [-0.39, 0.29) is 30.4 Å². The Labute approximate surface area is 236 Å². The first-order valence-electron chi connectivity index (χ1n) is 13.5. The minimum absolute atomic E-state index is 0. The Morgan fingerprint density at radius 1 is 0.919 bits per heavy atom. The molecule has 0 bridgehead atoms. The topological polar surface area (TPSA) is 28.2 Å². The summed E-state index contributed by atoms with van der Waals surface area (Å²) < 4.78 is 12.1. The van der Waals surface area contributed by atoms with Crippen LogP contribution in [-0.4, -0.2) is 68.3 Å². The van der Waals surface area contributed by atoms with Crippen molar-refractivity contribution >= 4 is 30.5 Å². The standard InChI is InChI=1S/C30H43N3O2.2ClH/c1-21-22(2)28-26(29(30(4,5)35-28)33-13-7-8-14-33)23(3)27(21)32-18-16-31(17-19-32)15-12-24-10-9-11-25(20-24)34-6;;/h9-11,20,29H,7-8,12-19H2,1-6H3;2*1H. The van der Waals surface area contributed by atoms with E-state index < -0.39 is 0 Å². The fourth-order valence-electron chi connectivity index (χ4n) is 6.66. The summed E-state index contributed by atoms with van der Waals surface area (Å²) in [5.41, 5.74) is 8.24. The lowest BCUT2D eigenvalue weighted by Gasteiger charge is -2.39. The van der Waals surface area contributed by atoms with Gasteiger partial charge in [0.1, 0.15) is 17.1 Å². The molecule has 3 aliphatic heterocycles. The Hall–Kier alpha value is -1.66. The van der Waals surface area contributed by atoms with Crippen molar-refractivity contribution in [3.05, 3.63) is 52.1 Å². The van der Waals surface area contributed by atoms with Gasteiger partial charge in [-0.25, -0.2) is 0 Å². The average Bonchev–Trinajstić information content (AvgIpc) is 3.47. The molecule has 0 aromatic heterocycles. The van der Waals surface area contributed by atoms with Crippen LogP contribution in [0, 0.1) is 20.8 Å². The number of fused-ring (bicyclic) bond motifs is 1. The molecule has 2 saturated heterocycles. The molecule has 206 valence electrons. The molecule has 7 heteroatoms. The minimum atomic E-state index is -0.188. The van der Waals surface area contributed by atoms with Gasteiger partial charge in [-0.2, -0.15) is 0 Å². The minimum Gasteiger partial charge on any atom is -0.497 e. The second kappa shape index (κ2) is 12.0. The molecule has 2 aromatic rings. The highest BCUT2D eigenvalue weighted by Gasteiger charge is 2.47. The second-order valence-electron chi connectivity index (χ2n) is 11.2. The third-order valence-electron chi connectivity index (χ3n) is 8.60. The van der Waals surface area contributed by atoms with Crippen LogP contribution in [-0.2, 0) is 6.42 Å². The maximum absolute atomic E-state index is 6.68. The lowest BCUT2D eigenvalue weighted by Crippen LogP contribution is -2.47. The van der Waals surface area contributed by atoms with Gasteiger partial charge in [-0.05, 0) is 101 Å². The van der Waals surface area contributed by atoms with Gasteiger partial charge in [0.05, 0.1) is 13.2 Å². The number of likely N-dealkylation sites (tertiary alicyclic amines) is 1. The fraction of sp³-hybridized carbons (Fsp3) is 0.600. The zero-order valence-electron chi connectivity index (χ0n) is 23.4. The number of benzene rings is 2. The van der Waals surface area contributed by atoms with Crippen molar-refractivity contribution in [2.45, 2.75) is 65.5 Å². The van der Waals surface area contributed by atoms with Crippen LogP contribution in [0.15, 0.2) is 24.3 Å². The Balaban J connectivity index is 0.00000190. The van der Waals surface area contributed by atoms with Gasteiger partial charge < -0.3 is 14.4 Å². The maximum Gasteiger partial charge on any atom is 0.128 e. The Morgan fingerprint density at radius 2 is 1.59 bits per heavy atom. The highest BCUT2D eigenvalue weighted by molar-refractivity contribution is 5.85. The summed E-state index contributed by atoms with van der Waals surface area (Å²) in [6.45, 7) is 19.3. The molecule has 0 saturated carbocycles. The maximum atomic E-state index is 6.68. The van der Waals surface area contributed by atoms with Crippen LogP contribution in [0.25, 0.3) is 0 Å². The molecule has 1 unspecified atom stereocenters. The summed E-state index contributed by atoms with van der Waals surface area (Å²) in [6, 6.07) is 8.83. The molecule has 5 nitrogen and oxygen atoms in total. The first kappa shape index (κ1) is 29.9. The van der Waals surface area contributed by atoms with E-state index in [9.17, 15) is 0 Å². The largest absolute Gasteiger partial charge is 0.497 e. The zero-order chi connectivity index (χ0) is 24.7.